The quantitative estimate of drug-likeness (QED) is 0.716. The highest BCUT2D eigenvalue weighted by atomic mass is 19.1. The molecule has 2 amide bonds. The lowest BCUT2D eigenvalue weighted by atomic mass is 9.94. The minimum absolute atomic E-state index is 0.108. The third kappa shape index (κ3) is 5.14. The first-order valence-corrected chi connectivity index (χ1v) is 11.2. The summed E-state index contributed by atoms with van der Waals surface area (Å²) in [7, 11) is 0. The monoisotopic (exact) mass is 452 g/mol. The highest BCUT2D eigenvalue weighted by Gasteiger charge is 2.32. The van der Waals surface area contributed by atoms with E-state index in [-0.39, 0.29) is 17.4 Å². The minimum Gasteiger partial charge on any atom is -0.370 e. The van der Waals surface area contributed by atoms with Crippen molar-refractivity contribution in [2.24, 2.45) is 5.92 Å². The van der Waals surface area contributed by atoms with Crippen LogP contribution in [0.4, 0.5) is 14.5 Å². The number of hydrogen-bond donors (Lipinski definition) is 0. The van der Waals surface area contributed by atoms with Gasteiger partial charge in [0.15, 0.2) is 0 Å². The lowest BCUT2D eigenvalue weighted by molar-refractivity contribution is -0.136. The van der Waals surface area contributed by atoms with Gasteiger partial charge in [0.1, 0.15) is 11.6 Å². The van der Waals surface area contributed by atoms with Gasteiger partial charge in [0.2, 0.25) is 5.91 Å². The maximum atomic E-state index is 14.0. The van der Waals surface area contributed by atoms with E-state index in [9.17, 15) is 18.4 Å². The molecule has 0 bridgehead atoms. The van der Waals surface area contributed by atoms with Crippen molar-refractivity contribution < 1.29 is 18.4 Å². The molecule has 0 aliphatic carbocycles. The van der Waals surface area contributed by atoms with Crippen LogP contribution in [-0.2, 0) is 4.79 Å². The van der Waals surface area contributed by atoms with Crippen molar-refractivity contribution in [2.45, 2.75) is 19.3 Å². The second kappa shape index (κ2) is 9.99. The molecule has 0 atom stereocenters. The lowest BCUT2D eigenvalue weighted by Gasteiger charge is -2.34. The number of hydrogen-bond acceptors (Lipinski definition) is 4. The summed E-state index contributed by atoms with van der Waals surface area (Å²) in [6.45, 7) is 3.61. The van der Waals surface area contributed by atoms with Gasteiger partial charge in [-0.15, -0.1) is 0 Å². The van der Waals surface area contributed by atoms with E-state index in [1.807, 2.05) is 17.0 Å². The summed E-state index contributed by atoms with van der Waals surface area (Å²) in [6.07, 6.45) is 1.92. The molecule has 2 aromatic carbocycles. The van der Waals surface area contributed by atoms with E-state index in [1.54, 1.807) is 12.1 Å². The van der Waals surface area contributed by atoms with E-state index in [4.69, 9.17) is 5.26 Å². The molecule has 0 N–H and O–H groups in total. The average Bonchev–Trinajstić information content (AvgIpc) is 3.10. The molecule has 0 saturated carbocycles. The van der Waals surface area contributed by atoms with Crippen LogP contribution in [-0.4, -0.2) is 60.9 Å². The molecule has 172 valence electrons. The number of anilines is 1. The molecule has 8 heteroatoms. The number of carbonyl (C=O) groups is 2. The highest BCUT2D eigenvalue weighted by molar-refractivity contribution is 5.94. The number of rotatable bonds is 3. The van der Waals surface area contributed by atoms with E-state index in [1.165, 1.54) is 11.0 Å². The smallest absolute Gasteiger partial charge is 0.256 e. The van der Waals surface area contributed by atoms with Crippen LogP contribution in [0, 0.1) is 28.9 Å². The van der Waals surface area contributed by atoms with Gasteiger partial charge in [0.05, 0.1) is 17.2 Å². The summed E-state index contributed by atoms with van der Waals surface area (Å²) in [6, 6.07) is 12.6. The average molecular weight is 453 g/mol. The number of likely N-dealkylation sites (tertiary alicyclic amines) is 1. The molecule has 2 fully saturated rings. The molecule has 0 unspecified atom stereocenters. The van der Waals surface area contributed by atoms with E-state index < -0.39 is 17.5 Å². The van der Waals surface area contributed by atoms with Crippen molar-refractivity contribution in [3.8, 4) is 6.07 Å². The van der Waals surface area contributed by atoms with E-state index in [0.717, 1.165) is 31.3 Å². The van der Waals surface area contributed by atoms with Crippen molar-refractivity contribution in [1.82, 2.24) is 9.80 Å². The van der Waals surface area contributed by atoms with E-state index >= 15 is 0 Å². The van der Waals surface area contributed by atoms with Crippen molar-refractivity contribution in [2.75, 3.05) is 44.2 Å². The molecule has 6 nitrogen and oxygen atoms in total. The van der Waals surface area contributed by atoms with Crippen molar-refractivity contribution in [1.29, 1.82) is 5.26 Å². The third-order valence-corrected chi connectivity index (χ3v) is 6.46. The van der Waals surface area contributed by atoms with Gasteiger partial charge < -0.3 is 14.7 Å². The fourth-order valence-electron chi connectivity index (χ4n) is 4.56. The van der Waals surface area contributed by atoms with E-state index in [0.29, 0.717) is 50.7 Å². The van der Waals surface area contributed by atoms with Gasteiger partial charge >= 0.3 is 0 Å². The standard InChI is InChI=1S/C25H26F2N4O2/c26-20-4-7-22(23(27)16-20)25(33)31-12-8-19(9-13-31)24(32)30-11-1-10-29(14-15-30)21-5-2-18(17-28)3-6-21/h2-7,16,19H,1,8-15H2. The maximum absolute atomic E-state index is 14.0. The van der Waals surface area contributed by atoms with Crippen LogP contribution >= 0.6 is 0 Å². The molecule has 0 aromatic heterocycles. The molecule has 0 spiro atoms. The number of carbonyl (C=O) groups excluding carboxylic acids is 2. The van der Waals surface area contributed by atoms with Gasteiger partial charge in [-0.25, -0.2) is 8.78 Å². The molecule has 2 aliphatic rings. The van der Waals surface area contributed by atoms with E-state index in [2.05, 4.69) is 11.0 Å². The zero-order chi connectivity index (χ0) is 23.4. The number of nitrogens with zero attached hydrogens (tertiary/aromatic N) is 4. The molecule has 0 radical (unpaired) electrons. The lowest BCUT2D eigenvalue weighted by Crippen LogP contribution is -2.45. The second-order valence-corrected chi connectivity index (χ2v) is 8.52. The van der Waals surface area contributed by atoms with Gasteiger partial charge in [-0.2, -0.15) is 5.26 Å². The Labute approximate surface area is 192 Å². The molecule has 2 heterocycles. The fraction of sp³-hybridized carbons (Fsp3) is 0.400. The predicted octanol–water partition coefficient (Wildman–Crippen LogP) is 3.43. The summed E-state index contributed by atoms with van der Waals surface area (Å²) in [5.41, 5.74) is 1.53. The van der Waals surface area contributed by atoms with Gasteiger partial charge in [0, 0.05) is 56.9 Å². The van der Waals surface area contributed by atoms with Crippen LogP contribution in [0.1, 0.15) is 35.2 Å². The van der Waals surface area contributed by atoms with Crippen LogP contribution in [0.2, 0.25) is 0 Å². The van der Waals surface area contributed by atoms with Crippen LogP contribution in [0.3, 0.4) is 0 Å². The molecular formula is C25H26F2N4O2. The van der Waals surface area contributed by atoms with Crippen molar-refractivity contribution in [3.63, 3.8) is 0 Å². The normalized spacial score (nSPS) is 17.4. The zero-order valence-electron chi connectivity index (χ0n) is 18.3. The largest absolute Gasteiger partial charge is 0.370 e. The molecule has 2 aromatic rings. The summed E-state index contributed by atoms with van der Waals surface area (Å²) >= 11 is 0. The maximum Gasteiger partial charge on any atom is 0.256 e. The third-order valence-electron chi connectivity index (χ3n) is 6.46. The molecule has 2 saturated heterocycles. The Bertz CT molecular complexity index is 1060. The Balaban J connectivity index is 1.31. The Morgan fingerprint density at radius 2 is 1.61 bits per heavy atom. The summed E-state index contributed by atoms with van der Waals surface area (Å²) < 4.78 is 27.1. The van der Waals surface area contributed by atoms with Crippen LogP contribution in [0.5, 0.6) is 0 Å². The number of benzene rings is 2. The molecule has 2 aliphatic heterocycles. The predicted molar refractivity (Wildman–Crippen MR) is 120 cm³/mol. The van der Waals surface area contributed by atoms with Crippen LogP contribution in [0.15, 0.2) is 42.5 Å². The van der Waals surface area contributed by atoms with Crippen molar-refractivity contribution >= 4 is 17.5 Å². The van der Waals surface area contributed by atoms with Crippen LogP contribution < -0.4 is 4.90 Å². The summed E-state index contributed by atoms with van der Waals surface area (Å²) in [5, 5.41) is 8.97. The summed E-state index contributed by atoms with van der Waals surface area (Å²) in [4.78, 5) is 31.4. The Kier molecular flexibility index (Phi) is 6.87. The summed E-state index contributed by atoms with van der Waals surface area (Å²) in [5.74, 6) is -2.10. The first-order valence-electron chi connectivity index (χ1n) is 11.2. The zero-order valence-corrected chi connectivity index (χ0v) is 18.3. The molecular weight excluding hydrogens is 426 g/mol. The molecule has 33 heavy (non-hydrogen) atoms. The van der Waals surface area contributed by atoms with Gasteiger partial charge in [-0.1, -0.05) is 0 Å². The van der Waals surface area contributed by atoms with Gasteiger partial charge in [-0.3, -0.25) is 9.59 Å². The minimum atomic E-state index is -0.866. The Morgan fingerprint density at radius 3 is 2.27 bits per heavy atom. The van der Waals surface area contributed by atoms with Crippen molar-refractivity contribution in [3.05, 3.63) is 65.2 Å². The fourth-order valence-corrected chi connectivity index (χ4v) is 4.56. The SMILES string of the molecule is N#Cc1ccc(N2CCCN(C(=O)C3CCN(C(=O)c4ccc(F)cc4F)CC3)CC2)cc1. The van der Waals surface area contributed by atoms with Crippen LogP contribution in [0.25, 0.3) is 0 Å². The topological polar surface area (TPSA) is 67.7 Å². The number of piperidine rings is 1. The Morgan fingerprint density at radius 1 is 0.879 bits per heavy atom. The highest BCUT2D eigenvalue weighted by Crippen LogP contribution is 2.24. The first-order chi connectivity index (χ1) is 16.0. The molecule has 4 rings (SSSR count). The number of amides is 2. The first kappa shape index (κ1) is 22.7. The number of halogens is 2. The van der Waals surface area contributed by atoms with Gasteiger partial charge in [-0.05, 0) is 55.7 Å². The number of nitriles is 1. The Hall–Kier alpha value is -3.47. The van der Waals surface area contributed by atoms with Gasteiger partial charge in [0.25, 0.3) is 5.91 Å². The second-order valence-electron chi connectivity index (χ2n) is 8.52.